The number of hydrogen-bond acceptors (Lipinski definition) is 2. The van der Waals surface area contributed by atoms with E-state index in [1.807, 2.05) is 6.92 Å². The summed E-state index contributed by atoms with van der Waals surface area (Å²) in [5, 5.41) is 0.498. The van der Waals surface area contributed by atoms with E-state index in [-0.39, 0.29) is 0 Å². The summed E-state index contributed by atoms with van der Waals surface area (Å²) in [5.41, 5.74) is 1.00. The zero-order valence-electron chi connectivity index (χ0n) is 5.89. The lowest BCUT2D eigenvalue weighted by Gasteiger charge is -2.01. The van der Waals surface area contributed by atoms with Gasteiger partial charge in [0.25, 0.3) is 0 Å². The lowest BCUT2D eigenvalue weighted by atomic mass is 10.3. The summed E-state index contributed by atoms with van der Waals surface area (Å²) in [4.78, 5) is 3.85. The fourth-order valence-electron chi connectivity index (χ4n) is 0.723. The minimum atomic E-state index is 0.498. The van der Waals surface area contributed by atoms with Gasteiger partial charge in [0.15, 0.2) is 0 Å². The van der Waals surface area contributed by atoms with Gasteiger partial charge in [0.1, 0.15) is 10.9 Å². The summed E-state index contributed by atoms with van der Waals surface area (Å²) in [6, 6.07) is 1.76. The molecule has 1 aromatic rings. The Hall–Kier alpha value is -0.760. The van der Waals surface area contributed by atoms with E-state index in [1.54, 1.807) is 19.4 Å². The molecule has 1 aromatic heterocycles. The van der Waals surface area contributed by atoms with Gasteiger partial charge in [-0.2, -0.15) is 0 Å². The molecule has 0 N–H and O–H groups in total. The second kappa shape index (κ2) is 2.88. The van der Waals surface area contributed by atoms with Crippen molar-refractivity contribution in [3.8, 4) is 5.75 Å². The van der Waals surface area contributed by atoms with Gasteiger partial charge in [-0.25, -0.2) is 4.98 Å². The van der Waals surface area contributed by atoms with Crippen LogP contribution in [-0.2, 0) is 0 Å². The van der Waals surface area contributed by atoms with Gasteiger partial charge in [0.2, 0.25) is 0 Å². The third-order valence-corrected chi connectivity index (χ3v) is 1.46. The van der Waals surface area contributed by atoms with E-state index in [0.29, 0.717) is 5.15 Å². The number of aryl methyl sites for hydroxylation is 1. The monoisotopic (exact) mass is 157 g/mol. The first kappa shape index (κ1) is 7.35. The van der Waals surface area contributed by atoms with E-state index in [4.69, 9.17) is 16.3 Å². The summed E-state index contributed by atoms with van der Waals surface area (Å²) < 4.78 is 4.98. The lowest BCUT2D eigenvalue weighted by molar-refractivity contribution is 0.410. The Morgan fingerprint density at radius 3 is 2.80 bits per heavy atom. The van der Waals surface area contributed by atoms with Gasteiger partial charge in [0.05, 0.1) is 13.3 Å². The minimum absolute atomic E-state index is 0.498. The van der Waals surface area contributed by atoms with Gasteiger partial charge >= 0.3 is 0 Å². The predicted octanol–water partition coefficient (Wildman–Crippen LogP) is 2.05. The molecule has 0 aromatic carbocycles. The molecule has 0 saturated heterocycles. The number of halogens is 1. The molecule has 0 spiro atoms. The molecule has 0 amide bonds. The van der Waals surface area contributed by atoms with E-state index >= 15 is 0 Å². The van der Waals surface area contributed by atoms with Crippen molar-refractivity contribution in [1.82, 2.24) is 4.98 Å². The van der Waals surface area contributed by atoms with Crippen LogP contribution in [0.5, 0.6) is 5.75 Å². The first-order chi connectivity index (χ1) is 4.74. The maximum absolute atomic E-state index is 5.61. The Kier molecular flexibility index (Phi) is 2.12. The minimum Gasteiger partial charge on any atom is -0.495 e. The average Bonchev–Trinajstić information content (AvgIpc) is 1.88. The molecule has 1 rings (SSSR count). The molecule has 0 aliphatic carbocycles. The van der Waals surface area contributed by atoms with Crippen LogP contribution in [0.2, 0.25) is 5.15 Å². The van der Waals surface area contributed by atoms with Crippen LogP contribution in [0.15, 0.2) is 12.3 Å². The highest BCUT2D eigenvalue weighted by molar-refractivity contribution is 6.29. The first-order valence-corrected chi connectivity index (χ1v) is 3.28. The highest BCUT2D eigenvalue weighted by Crippen LogP contribution is 2.17. The van der Waals surface area contributed by atoms with Crippen LogP contribution < -0.4 is 4.74 Å². The van der Waals surface area contributed by atoms with E-state index in [2.05, 4.69) is 4.98 Å². The molecule has 0 fully saturated rings. The second-order valence-corrected chi connectivity index (χ2v) is 2.36. The molecular formula is C7H8ClNO. The zero-order chi connectivity index (χ0) is 7.56. The van der Waals surface area contributed by atoms with E-state index in [1.165, 1.54) is 0 Å². The van der Waals surface area contributed by atoms with Crippen molar-refractivity contribution in [2.24, 2.45) is 0 Å². The number of methoxy groups -OCH3 is 1. The van der Waals surface area contributed by atoms with Gasteiger partial charge in [-0.1, -0.05) is 11.6 Å². The molecule has 0 aliphatic rings. The molecule has 0 radical (unpaired) electrons. The quantitative estimate of drug-likeness (QED) is 0.583. The molecule has 0 aliphatic heterocycles. The summed E-state index contributed by atoms with van der Waals surface area (Å²) in [6.45, 7) is 1.92. The zero-order valence-corrected chi connectivity index (χ0v) is 6.64. The molecule has 3 heteroatoms. The number of aromatic nitrogens is 1. The summed E-state index contributed by atoms with van der Waals surface area (Å²) in [7, 11) is 1.61. The van der Waals surface area contributed by atoms with Gasteiger partial charge in [-0.05, 0) is 18.6 Å². The summed E-state index contributed by atoms with van der Waals surface area (Å²) in [6.07, 6.45) is 1.61. The molecule has 54 valence electrons. The Morgan fingerprint density at radius 2 is 2.30 bits per heavy atom. The van der Waals surface area contributed by atoms with Gasteiger partial charge in [0, 0.05) is 0 Å². The van der Waals surface area contributed by atoms with Crippen molar-refractivity contribution in [3.05, 3.63) is 23.0 Å². The third kappa shape index (κ3) is 1.39. The maximum atomic E-state index is 5.61. The van der Waals surface area contributed by atoms with Crippen molar-refractivity contribution in [1.29, 1.82) is 0 Å². The van der Waals surface area contributed by atoms with Crippen molar-refractivity contribution < 1.29 is 4.74 Å². The predicted molar refractivity (Wildman–Crippen MR) is 40.5 cm³/mol. The van der Waals surface area contributed by atoms with Crippen molar-refractivity contribution in [3.63, 3.8) is 0 Å². The highest BCUT2D eigenvalue weighted by atomic mass is 35.5. The van der Waals surface area contributed by atoms with Crippen LogP contribution in [-0.4, -0.2) is 12.1 Å². The molecule has 0 atom stereocenters. The van der Waals surface area contributed by atoms with Crippen LogP contribution in [0.1, 0.15) is 5.56 Å². The SMILES string of the molecule is COc1cnc(Cl)cc1C. The smallest absolute Gasteiger partial charge is 0.140 e. The number of nitrogens with zero attached hydrogens (tertiary/aromatic N) is 1. The summed E-state index contributed by atoms with van der Waals surface area (Å²) >= 11 is 5.61. The van der Waals surface area contributed by atoms with Gasteiger partial charge in [-0.15, -0.1) is 0 Å². The molecule has 1 heterocycles. The van der Waals surface area contributed by atoms with E-state index in [0.717, 1.165) is 11.3 Å². The average molecular weight is 158 g/mol. The molecule has 0 unspecified atom stereocenters. The molecule has 2 nitrogen and oxygen atoms in total. The largest absolute Gasteiger partial charge is 0.495 e. The lowest BCUT2D eigenvalue weighted by Crippen LogP contribution is -1.87. The van der Waals surface area contributed by atoms with Crippen LogP contribution in [0.4, 0.5) is 0 Å². The highest BCUT2D eigenvalue weighted by Gasteiger charge is 1.97. The molecule has 10 heavy (non-hydrogen) atoms. The van der Waals surface area contributed by atoms with Gasteiger partial charge < -0.3 is 4.74 Å². The molecule has 0 saturated carbocycles. The Labute approximate surface area is 64.8 Å². The third-order valence-electron chi connectivity index (χ3n) is 1.25. The maximum Gasteiger partial charge on any atom is 0.140 e. The number of rotatable bonds is 1. The standard InChI is InChI=1S/C7H8ClNO/c1-5-3-7(8)9-4-6(5)10-2/h3-4H,1-2H3. The number of hydrogen-bond donors (Lipinski definition) is 0. The molecular weight excluding hydrogens is 150 g/mol. The summed E-state index contributed by atoms with van der Waals surface area (Å²) in [5.74, 6) is 0.768. The number of ether oxygens (including phenoxy) is 1. The number of pyridine rings is 1. The van der Waals surface area contributed by atoms with Crippen LogP contribution in [0.3, 0.4) is 0 Å². The van der Waals surface area contributed by atoms with Crippen molar-refractivity contribution in [2.45, 2.75) is 6.92 Å². The topological polar surface area (TPSA) is 22.1 Å². The molecule has 0 bridgehead atoms. The Morgan fingerprint density at radius 1 is 1.60 bits per heavy atom. The first-order valence-electron chi connectivity index (χ1n) is 2.90. The fourth-order valence-corrected chi connectivity index (χ4v) is 0.935. The normalized spacial score (nSPS) is 9.50. The van der Waals surface area contributed by atoms with Crippen molar-refractivity contribution in [2.75, 3.05) is 7.11 Å². The van der Waals surface area contributed by atoms with Crippen molar-refractivity contribution >= 4 is 11.6 Å². The van der Waals surface area contributed by atoms with E-state index in [9.17, 15) is 0 Å². The second-order valence-electron chi connectivity index (χ2n) is 1.98. The Balaban J connectivity index is 3.07. The van der Waals surface area contributed by atoms with Crippen LogP contribution >= 0.6 is 11.6 Å². The van der Waals surface area contributed by atoms with E-state index < -0.39 is 0 Å². The van der Waals surface area contributed by atoms with Crippen LogP contribution in [0.25, 0.3) is 0 Å². The Bertz CT molecular complexity index is 237. The van der Waals surface area contributed by atoms with Crippen LogP contribution in [0, 0.1) is 6.92 Å². The fraction of sp³-hybridized carbons (Fsp3) is 0.286. The van der Waals surface area contributed by atoms with Gasteiger partial charge in [-0.3, -0.25) is 0 Å².